The van der Waals surface area contributed by atoms with Gasteiger partial charge in [0.05, 0.1) is 11.9 Å². The Bertz CT molecular complexity index is 1960. The highest BCUT2D eigenvalue weighted by molar-refractivity contribution is 7.92. The molecule has 0 saturated carbocycles. The molecule has 3 atom stereocenters. The van der Waals surface area contributed by atoms with Crippen LogP contribution in [0, 0.1) is 6.92 Å². The van der Waals surface area contributed by atoms with Crippen LogP contribution >= 0.6 is 0 Å². The first-order valence-electron chi connectivity index (χ1n) is 14.1. The molecule has 244 valence electrons. The van der Waals surface area contributed by atoms with E-state index in [2.05, 4.69) is 29.5 Å². The van der Waals surface area contributed by atoms with Crippen LogP contribution in [0.15, 0.2) is 72.8 Å². The topological polar surface area (TPSA) is 178 Å². The molecule has 0 aliphatic carbocycles. The molecule has 0 fully saturated rings. The summed E-state index contributed by atoms with van der Waals surface area (Å²) in [5.41, 5.74) is 3.13. The molecule has 5 aromatic rings. The van der Waals surface area contributed by atoms with Gasteiger partial charge in [-0.1, -0.05) is 32.0 Å². The van der Waals surface area contributed by atoms with Crippen LogP contribution in [0.4, 0.5) is 11.4 Å². The predicted molar refractivity (Wildman–Crippen MR) is 177 cm³/mol. The van der Waals surface area contributed by atoms with Gasteiger partial charge < -0.3 is 13.1 Å². The van der Waals surface area contributed by atoms with Crippen molar-refractivity contribution in [3.63, 3.8) is 0 Å². The van der Waals surface area contributed by atoms with Crippen LogP contribution in [0.1, 0.15) is 36.8 Å². The average Bonchev–Trinajstić information content (AvgIpc) is 3.58. The number of fused-ring (bicyclic) bond motifs is 1. The molecule has 0 amide bonds. The van der Waals surface area contributed by atoms with Crippen LogP contribution in [0.3, 0.4) is 0 Å². The molecule has 0 bridgehead atoms. The Kier molecular flexibility index (Phi) is 10.3. The van der Waals surface area contributed by atoms with E-state index in [1.807, 2.05) is 39.0 Å². The number of aromatic amines is 1. The average molecular weight is 688 g/mol. The summed E-state index contributed by atoms with van der Waals surface area (Å²) in [6, 6.07) is 20.3. The summed E-state index contributed by atoms with van der Waals surface area (Å²) in [6.45, 7) is 6.01. The Morgan fingerprint density at radius 1 is 0.913 bits per heavy atom. The number of aryl methyl sites for hydroxylation is 2. The van der Waals surface area contributed by atoms with Gasteiger partial charge in [-0.15, -0.1) is 10.2 Å². The number of benzene rings is 3. The molecule has 2 heterocycles. The van der Waals surface area contributed by atoms with E-state index >= 15 is 0 Å². The van der Waals surface area contributed by atoms with Crippen LogP contribution in [-0.2, 0) is 39.0 Å². The quantitative estimate of drug-likeness (QED) is 0.123. The van der Waals surface area contributed by atoms with Crippen LogP contribution in [0.2, 0.25) is 0 Å². The number of nitrogens with one attached hydrogen (secondary N) is 4. The molecule has 14 nitrogen and oxygen atoms in total. The minimum absolute atomic E-state index is 0.229. The highest BCUT2D eigenvalue weighted by atomic mass is 32.2. The number of sulfonamides is 1. The fourth-order valence-corrected chi connectivity index (χ4v) is 6.31. The number of rotatable bonds is 15. The number of H-pyrrole nitrogens is 1. The van der Waals surface area contributed by atoms with Crippen molar-refractivity contribution in [1.82, 2.24) is 24.5 Å². The van der Waals surface area contributed by atoms with Crippen LogP contribution in [0.5, 0.6) is 23.0 Å². The maximum Gasteiger partial charge on any atom is 0.316 e. The molecule has 0 aliphatic heterocycles. The second kappa shape index (κ2) is 14.3. The molecule has 3 aromatic carbocycles. The highest BCUT2D eigenvalue weighted by Crippen LogP contribution is 2.32. The minimum Gasteiger partial charge on any atom is -0.451 e. The summed E-state index contributed by atoms with van der Waals surface area (Å²) in [6.07, 6.45) is 1.69. The molecule has 0 saturated heterocycles. The van der Waals surface area contributed by atoms with Crippen LogP contribution in [-0.4, -0.2) is 49.4 Å². The van der Waals surface area contributed by atoms with E-state index < -0.39 is 32.6 Å². The van der Waals surface area contributed by atoms with Crippen molar-refractivity contribution in [3.05, 3.63) is 89.9 Å². The van der Waals surface area contributed by atoms with Gasteiger partial charge in [-0.25, -0.2) is 17.7 Å². The summed E-state index contributed by atoms with van der Waals surface area (Å²) >= 11 is -3.66. The molecule has 17 heteroatoms. The van der Waals surface area contributed by atoms with Crippen molar-refractivity contribution in [2.75, 3.05) is 22.2 Å². The van der Waals surface area contributed by atoms with Gasteiger partial charge in [0.1, 0.15) is 17.2 Å². The number of aromatic nitrogens is 4. The lowest BCUT2D eigenvalue weighted by molar-refractivity contribution is 0.480. The molecule has 5 rings (SSSR count). The van der Waals surface area contributed by atoms with Gasteiger partial charge >= 0.3 is 11.3 Å². The number of para-hydroxylation sites is 1. The minimum atomic E-state index is -3.40. The van der Waals surface area contributed by atoms with E-state index in [4.69, 9.17) is 13.1 Å². The molecule has 3 unspecified atom stereocenters. The molecule has 0 spiro atoms. The molecular weight excluding hydrogens is 655 g/mol. The lowest BCUT2D eigenvalue weighted by atomic mass is 10.2. The van der Waals surface area contributed by atoms with E-state index in [1.165, 1.54) is 24.3 Å². The zero-order chi connectivity index (χ0) is 32.8. The molecule has 46 heavy (non-hydrogen) atoms. The zero-order valence-electron chi connectivity index (χ0n) is 25.3. The lowest BCUT2D eigenvalue weighted by Gasteiger charge is -2.11. The van der Waals surface area contributed by atoms with Crippen molar-refractivity contribution in [1.29, 1.82) is 0 Å². The molecular formula is C29H33N7O7S3. The monoisotopic (exact) mass is 687 g/mol. The van der Waals surface area contributed by atoms with Gasteiger partial charge in [-0.2, -0.15) is 8.42 Å². The molecule has 0 aliphatic rings. The zero-order valence-corrected chi connectivity index (χ0v) is 27.8. The standard InChI is InChI=1S/C29H33N7O7S3/c1-5-25-27(41-23-14-10-21(11-15-23)34-45(38)43-26-9-7-6-8-19(26)2)29-32-31-28(36(29)33-25)20(3)18-30-44(37)42-24-16-12-22(13-17-24)35-46(4,39)40/h6-17,20,30,33-35H,5,18H2,1-4H3. The third kappa shape index (κ3) is 8.42. The Morgan fingerprint density at radius 3 is 2.26 bits per heavy atom. The third-order valence-electron chi connectivity index (χ3n) is 6.58. The second-order valence-electron chi connectivity index (χ2n) is 10.3. The third-order valence-corrected chi connectivity index (χ3v) is 8.66. The molecule has 4 N–H and O–H groups in total. The van der Waals surface area contributed by atoms with E-state index in [9.17, 15) is 16.8 Å². The smallest absolute Gasteiger partial charge is 0.316 e. The lowest BCUT2D eigenvalue weighted by Crippen LogP contribution is -2.26. The number of anilines is 2. The SMILES string of the molecule is CCc1[nH]n2c(C(C)CNS(=O)Oc3ccc(NS(C)(=O)=O)cc3)nnc2c1Oc1ccc(NS(=O)Oc2ccccc2C)cc1. The fraction of sp³-hybridized carbons (Fsp3) is 0.241. The Labute approximate surface area is 271 Å². The van der Waals surface area contributed by atoms with Gasteiger partial charge in [0.25, 0.3) is 11.3 Å². The molecule has 0 radical (unpaired) electrons. The van der Waals surface area contributed by atoms with Crippen molar-refractivity contribution in [3.8, 4) is 23.0 Å². The predicted octanol–water partition coefficient (Wildman–Crippen LogP) is 4.51. The molecule has 2 aromatic heterocycles. The summed E-state index contributed by atoms with van der Waals surface area (Å²) in [4.78, 5) is 0. The highest BCUT2D eigenvalue weighted by Gasteiger charge is 2.22. The summed E-state index contributed by atoms with van der Waals surface area (Å²) in [5, 5.41) is 12.0. The van der Waals surface area contributed by atoms with Crippen molar-refractivity contribution >= 4 is 49.6 Å². The van der Waals surface area contributed by atoms with Crippen LogP contribution in [0.25, 0.3) is 5.65 Å². The van der Waals surface area contributed by atoms with E-state index in [0.717, 1.165) is 17.5 Å². The normalized spacial score (nSPS) is 13.6. The first-order valence-corrected chi connectivity index (χ1v) is 18.1. The van der Waals surface area contributed by atoms with Crippen molar-refractivity contribution in [2.45, 2.75) is 33.1 Å². The van der Waals surface area contributed by atoms with Gasteiger partial charge in [-0.3, -0.25) is 14.5 Å². The van der Waals surface area contributed by atoms with E-state index in [1.54, 1.807) is 34.8 Å². The second-order valence-corrected chi connectivity index (χ2v) is 13.8. The van der Waals surface area contributed by atoms with E-state index in [-0.39, 0.29) is 12.5 Å². The Morgan fingerprint density at radius 2 is 1.59 bits per heavy atom. The van der Waals surface area contributed by atoms with Gasteiger partial charge in [0.15, 0.2) is 11.6 Å². The number of hydrogen-bond acceptors (Lipinski definition) is 9. The fourth-order valence-electron chi connectivity index (χ4n) is 4.29. The number of ether oxygens (including phenoxy) is 1. The summed E-state index contributed by atoms with van der Waals surface area (Å²) < 4.78 is 74.5. The summed E-state index contributed by atoms with van der Waals surface area (Å²) in [5.74, 6) is 2.26. The number of nitrogens with zero attached hydrogens (tertiary/aromatic N) is 3. The van der Waals surface area contributed by atoms with E-state index in [0.29, 0.717) is 52.3 Å². The first kappa shape index (κ1) is 32.9. The van der Waals surface area contributed by atoms with Crippen molar-refractivity contribution in [2.24, 2.45) is 0 Å². The Hall–Kier alpha value is -4.45. The van der Waals surface area contributed by atoms with Gasteiger partial charge in [0.2, 0.25) is 15.7 Å². The maximum absolute atomic E-state index is 12.5. The van der Waals surface area contributed by atoms with Crippen LogP contribution < -0.4 is 27.3 Å². The largest absolute Gasteiger partial charge is 0.451 e. The van der Waals surface area contributed by atoms with Gasteiger partial charge in [-0.05, 0) is 73.5 Å². The van der Waals surface area contributed by atoms with Crippen molar-refractivity contribution < 1.29 is 29.9 Å². The summed E-state index contributed by atoms with van der Waals surface area (Å²) in [7, 11) is -3.40. The van der Waals surface area contributed by atoms with Gasteiger partial charge in [0, 0.05) is 23.8 Å². The first-order chi connectivity index (χ1) is 22.0. The maximum atomic E-state index is 12.5. The number of hydrogen-bond donors (Lipinski definition) is 4. The Balaban J connectivity index is 1.19.